The van der Waals surface area contributed by atoms with Crippen molar-refractivity contribution in [2.75, 3.05) is 6.54 Å². The van der Waals surface area contributed by atoms with Crippen molar-refractivity contribution in [2.45, 2.75) is 25.4 Å². The summed E-state index contributed by atoms with van der Waals surface area (Å²) in [5, 5.41) is 7.40. The third-order valence-electron chi connectivity index (χ3n) is 4.12. The van der Waals surface area contributed by atoms with Gasteiger partial charge >= 0.3 is 0 Å². The first-order valence-electron chi connectivity index (χ1n) is 7.50. The minimum Gasteiger partial charge on any atom is -0.462 e. The molecule has 5 nitrogen and oxygen atoms in total. The molecule has 1 aliphatic heterocycles. The van der Waals surface area contributed by atoms with Gasteiger partial charge in [0.2, 0.25) is 0 Å². The average molecular weight is 314 g/mol. The quantitative estimate of drug-likeness (QED) is 0.740. The summed E-state index contributed by atoms with van der Waals surface area (Å²) in [4.78, 5) is 7.21. The molecule has 3 aromatic heterocycles. The van der Waals surface area contributed by atoms with Crippen LogP contribution in [0.5, 0.6) is 0 Å². The number of aryl methyl sites for hydroxylation is 1. The first-order chi connectivity index (χ1) is 10.8. The van der Waals surface area contributed by atoms with Crippen molar-refractivity contribution in [1.29, 1.82) is 0 Å². The lowest BCUT2D eigenvalue weighted by Crippen LogP contribution is -2.22. The summed E-state index contributed by atoms with van der Waals surface area (Å²) in [5.74, 6) is 0.849. The summed E-state index contributed by atoms with van der Waals surface area (Å²) in [7, 11) is 1.97. The Kier molecular flexibility index (Phi) is 3.56. The fourth-order valence-electron chi connectivity index (χ4n) is 3.11. The lowest BCUT2D eigenvalue weighted by molar-refractivity contribution is 0.246. The molecule has 1 aliphatic rings. The summed E-state index contributed by atoms with van der Waals surface area (Å²) in [6, 6.07) is 4.31. The predicted molar refractivity (Wildman–Crippen MR) is 85.4 cm³/mol. The highest BCUT2D eigenvalue weighted by atomic mass is 32.1. The van der Waals surface area contributed by atoms with E-state index in [2.05, 4.69) is 21.6 Å². The zero-order valence-corrected chi connectivity index (χ0v) is 13.3. The molecule has 0 aromatic carbocycles. The standard InChI is InChI=1S/C16H18N4OS/c1-19-9-12(8-17-19)14-4-2-6-20(14)10-13-11-22-16(18-13)15-5-3-7-21-15/h3,5,7-9,11,14H,2,4,6,10H2,1H3/t14-/m0/s1. The van der Waals surface area contributed by atoms with Crippen LogP contribution in [-0.4, -0.2) is 26.2 Å². The number of hydrogen-bond acceptors (Lipinski definition) is 5. The van der Waals surface area contributed by atoms with E-state index in [9.17, 15) is 0 Å². The molecule has 0 unspecified atom stereocenters. The first-order valence-corrected chi connectivity index (χ1v) is 8.38. The van der Waals surface area contributed by atoms with Gasteiger partial charge in [0.25, 0.3) is 0 Å². The van der Waals surface area contributed by atoms with Gasteiger partial charge in [0, 0.05) is 36.8 Å². The monoisotopic (exact) mass is 314 g/mol. The Morgan fingerprint density at radius 2 is 2.41 bits per heavy atom. The molecule has 3 aromatic rings. The van der Waals surface area contributed by atoms with Crippen LogP contribution < -0.4 is 0 Å². The Bertz CT molecular complexity index is 746. The van der Waals surface area contributed by atoms with Crippen molar-refractivity contribution >= 4 is 11.3 Å². The van der Waals surface area contributed by atoms with Gasteiger partial charge < -0.3 is 4.42 Å². The Balaban J connectivity index is 1.50. The molecule has 0 radical (unpaired) electrons. The van der Waals surface area contributed by atoms with Gasteiger partial charge in [-0.05, 0) is 31.5 Å². The lowest BCUT2D eigenvalue weighted by atomic mass is 10.1. The highest BCUT2D eigenvalue weighted by Gasteiger charge is 2.27. The van der Waals surface area contributed by atoms with Crippen LogP contribution in [-0.2, 0) is 13.6 Å². The third kappa shape index (κ3) is 2.60. The molecule has 4 heterocycles. The number of thiazole rings is 1. The number of hydrogen-bond donors (Lipinski definition) is 0. The minimum absolute atomic E-state index is 0.461. The second kappa shape index (κ2) is 5.70. The van der Waals surface area contributed by atoms with Gasteiger partial charge in [0.1, 0.15) is 0 Å². The number of aromatic nitrogens is 3. The largest absolute Gasteiger partial charge is 0.462 e. The molecule has 4 rings (SSSR count). The van der Waals surface area contributed by atoms with E-state index in [0.29, 0.717) is 6.04 Å². The highest BCUT2D eigenvalue weighted by Crippen LogP contribution is 2.33. The van der Waals surface area contributed by atoms with Crippen LogP contribution in [0.4, 0.5) is 0 Å². The van der Waals surface area contributed by atoms with Gasteiger partial charge in [-0.1, -0.05) is 0 Å². The molecule has 1 fully saturated rings. The molecule has 1 saturated heterocycles. The second-order valence-electron chi connectivity index (χ2n) is 5.70. The third-order valence-corrected chi connectivity index (χ3v) is 5.03. The SMILES string of the molecule is Cn1cc([C@@H]2CCCN2Cc2csc(-c3ccco3)n2)cn1. The van der Waals surface area contributed by atoms with Crippen LogP contribution in [0.1, 0.15) is 30.1 Å². The van der Waals surface area contributed by atoms with E-state index in [1.165, 1.54) is 18.4 Å². The van der Waals surface area contributed by atoms with Crippen molar-refractivity contribution in [3.63, 3.8) is 0 Å². The van der Waals surface area contributed by atoms with E-state index in [4.69, 9.17) is 9.40 Å². The molecule has 0 saturated carbocycles. The number of rotatable bonds is 4. The second-order valence-corrected chi connectivity index (χ2v) is 6.56. The van der Waals surface area contributed by atoms with Crippen LogP contribution in [0.25, 0.3) is 10.8 Å². The van der Waals surface area contributed by atoms with Crippen molar-refractivity contribution in [3.05, 3.63) is 47.4 Å². The van der Waals surface area contributed by atoms with Crippen LogP contribution in [0.3, 0.4) is 0 Å². The fraction of sp³-hybridized carbons (Fsp3) is 0.375. The molecule has 0 aliphatic carbocycles. The van der Waals surface area contributed by atoms with Gasteiger partial charge in [0.05, 0.1) is 18.2 Å². The molecule has 0 bridgehead atoms. The number of nitrogens with zero attached hydrogens (tertiary/aromatic N) is 4. The van der Waals surface area contributed by atoms with E-state index in [1.807, 2.05) is 30.1 Å². The lowest BCUT2D eigenvalue weighted by Gasteiger charge is -2.22. The average Bonchev–Trinajstić information content (AvgIpc) is 3.26. The van der Waals surface area contributed by atoms with Crippen molar-refractivity contribution in [1.82, 2.24) is 19.7 Å². The van der Waals surface area contributed by atoms with E-state index in [-0.39, 0.29) is 0 Å². The fourth-order valence-corrected chi connectivity index (χ4v) is 3.88. The molecule has 1 atom stereocenters. The van der Waals surface area contributed by atoms with Gasteiger partial charge in [-0.3, -0.25) is 9.58 Å². The van der Waals surface area contributed by atoms with Gasteiger partial charge in [0.15, 0.2) is 10.8 Å². The smallest absolute Gasteiger partial charge is 0.162 e. The van der Waals surface area contributed by atoms with Crippen LogP contribution in [0.15, 0.2) is 40.6 Å². The van der Waals surface area contributed by atoms with Crippen LogP contribution in [0, 0.1) is 0 Å². The van der Waals surface area contributed by atoms with E-state index in [0.717, 1.165) is 29.6 Å². The van der Waals surface area contributed by atoms with E-state index < -0.39 is 0 Å². The first kappa shape index (κ1) is 13.7. The van der Waals surface area contributed by atoms with Gasteiger partial charge in [-0.15, -0.1) is 11.3 Å². The molecule has 0 amide bonds. The molecule has 114 valence electrons. The molecule has 0 spiro atoms. The molecular weight excluding hydrogens is 296 g/mol. The Labute approximate surface area is 133 Å². The number of furan rings is 1. The van der Waals surface area contributed by atoms with E-state index >= 15 is 0 Å². The topological polar surface area (TPSA) is 47.1 Å². The maximum Gasteiger partial charge on any atom is 0.162 e. The summed E-state index contributed by atoms with van der Waals surface area (Å²) in [6.07, 6.45) is 8.22. The maximum absolute atomic E-state index is 5.42. The summed E-state index contributed by atoms with van der Waals surface area (Å²) in [5.41, 5.74) is 2.42. The summed E-state index contributed by atoms with van der Waals surface area (Å²) >= 11 is 1.64. The van der Waals surface area contributed by atoms with Gasteiger partial charge in [-0.25, -0.2) is 4.98 Å². The molecule has 22 heavy (non-hydrogen) atoms. The van der Waals surface area contributed by atoms with Crippen molar-refractivity contribution in [2.24, 2.45) is 7.05 Å². The summed E-state index contributed by atoms with van der Waals surface area (Å²) < 4.78 is 7.30. The molecule has 6 heteroatoms. The van der Waals surface area contributed by atoms with Crippen molar-refractivity contribution < 1.29 is 4.42 Å². The number of likely N-dealkylation sites (tertiary alicyclic amines) is 1. The Hall–Kier alpha value is -1.92. The van der Waals surface area contributed by atoms with Crippen molar-refractivity contribution in [3.8, 4) is 10.8 Å². The zero-order valence-electron chi connectivity index (χ0n) is 12.5. The molecular formula is C16H18N4OS. The highest BCUT2D eigenvalue weighted by molar-refractivity contribution is 7.13. The van der Waals surface area contributed by atoms with E-state index in [1.54, 1.807) is 17.6 Å². The Morgan fingerprint density at radius 3 is 3.18 bits per heavy atom. The van der Waals surface area contributed by atoms with Crippen LogP contribution in [0.2, 0.25) is 0 Å². The van der Waals surface area contributed by atoms with Crippen LogP contribution >= 0.6 is 11.3 Å². The Morgan fingerprint density at radius 1 is 1.45 bits per heavy atom. The predicted octanol–water partition coefficient (Wildman–Crippen LogP) is 3.47. The maximum atomic E-state index is 5.42. The zero-order chi connectivity index (χ0) is 14.9. The normalized spacial score (nSPS) is 19.0. The molecule has 0 N–H and O–H groups in total. The van der Waals surface area contributed by atoms with Gasteiger partial charge in [-0.2, -0.15) is 5.10 Å². The summed E-state index contributed by atoms with van der Waals surface area (Å²) in [6.45, 7) is 2.00. The minimum atomic E-state index is 0.461.